The highest BCUT2D eigenvalue weighted by Crippen LogP contribution is 2.12. The predicted molar refractivity (Wildman–Crippen MR) is 89.7 cm³/mol. The minimum atomic E-state index is -0.252. The Morgan fingerprint density at radius 1 is 1.26 bits per heavy atom. The number of aromatic nitrogens is 3. The standard InChI is InChI=1S/C17H25N5O/c1-12(15-9-7-6-8-10-15)18-17(23)13(2)21(4)11-16-20-19-14(3)22(16)5/h6-10,12-13H,11H2,1-5H3,(H,18,23)/t12-,13-/m0/s1. The molecule has 0 unspecified atom stereocenters. The van der Waals surface area contributed by atoms with Crippen LogP contribution in [0.1, 0.15) is 37.1 Å². The van der Waals surface area contributed by atoms with Gasteiger partial charge in [-0.1, -0.05) is 30.3 Å². The average Bonchev–Trinajstić information content (AvgIpc) is 2.86. The van der Waals surface area contributed by atoms with Crippen molar-refractivity contribution in [3.8, 4) is 0 Å². The minimum absolute atomic E-state index is 0.00254. The van der Waals surface area contributed by atoms with Gasteiger partial charge in [-0.2, -0.15) is 0 Å². The molecule has 0 fully saturated rings. The van der Waals surface area contributed by atoms with Crippen molar-refractivity contribution >= 4 is 5.91 Å². The molecule has 0 saturated carbocycles. The molecule has 1 amide bonds. The fourth-order valence-electron chi connectivity index (χ4n) is 2.31. The Hall–Kier alpha value is -2.21. The zero-order chi connectivity index (χ0) is 17.0. The van der Waals surface area contributed by atoms with Crippen LogP contribution in [0, 0.1) is 6.92 Å². The Morgan fingerprint density at radius 2 is 1.91 bits per heavy atom. The molecular weight excluding hydrogens is 290 g/mol. The Balaban J connectivity index is 1.95. The molecule has 0 saturated heterocycles. The molecule has 0 radical (unpaired) electrons. The fraction of sp³-hybridized carbons (Fsp3) is 0.471. The number of amides is 1. The Kier molecular flexibility index (Phi) is 5.50. The van der Waals surface area contributed by atoms with Crippen LogP contribution in [0.5, 0.6) is 0 Å². The maximum atomic E-state index is 12.5. The molecule has 2 rings (SSSR count). The first-order valence-electron chi connectivity index (χ1n) is 7.80. The number of rotatable bonds is 6. The van der Waals surface area contributed by atoms with E-state index >= 15 is 0 Å². The molecule has 0 aliphatic rings. The first-order chi connectivity index (χ1) is 10.9. The van der Waals surface area contributed by atoms with E-state index in [-0.39, 0.29) is 18.0 Å². The molecule has 0 spiro atoms. The lowest BCUT2D eigenvalue weighted by atomic mass is 10.1. The Morgan fingerprint density at radius 3 is 2.48 bits per heavy atom. The fourth-order valence-corrected chi connectivity index (χ4v) is 2.31. The van der Waals surface area contributed by atoms with E-state index < -0.39 is 0 Å². The number of hydrogen-bond donors (Lipinski definition) is 1. The van der Waals surface area contributed by atoms with Crippen molar-refractivity contribution in [2.24, 2.45) is 7.05 Å². The number of nitrogens with zero attached hydrogens (tertiary/aromatic N) is 4. The second kappa shape index (κ2) is 7.37. The number of likely N-dealkylation sites (N-methyl/N-ethyl adjacent to an activating group) is 1. The maximum Gasteiger partial charge on any atom is 0.237 e. The smallest absolute Gasteiger partial charge is 0.237 e. The molecule has 0 aliphatic carbocycles. The molecular formula is C17H25N5O. The molecule has 6 heteroatoms. The highest BCUT2D eigenvalue weighted by atomic mass is 16.2. The van der Waals surface area contributed by atoms with Crippen LogP contribution >= 0.6 is 0 Å². The van der Waals surface area contributed by atoms with Crippen molar-refractivity contribution in [3.63, 3.8) is 0 Å². The summed E-state index contributed by atoms with van der Waals surface area (Å²) in [6.45, 7) is 6.38. The monoisotopic (exact) mass is 315 g/mol. The lowest BCUT2D eigenvalue weighted by Crippen LogP contribution is -2.44. The summed E-state index contributed by atoms with van der Waals surface area (Å²) in [7, 11) is 3.85. The van der Waals surface area contributed by atoms with Crippen molar-refractivity contribution in [1.29, 1.82) is 0 Å². The number of benzene rings is 1. The lowest BCUT2D eigenvalue weighted by molar-refractivity contribution is -0.126. The largest absolute Gasteiger partial charge is 0.348 e. The summed E-state index contributed by atoms with van der Waals surface area (Å²) in [6.07, 6.45) is 0. The highest BCUT2D eigenvalue weighted by Gasteiger charge is 2.21. The third-order valence-electron chi connectivity index (χ3n) is 4.27. The van der Waals surface area contributed by atoms with Crippen molar-refractivity contribution in [1.82, 2.24) is 25.0 Å². The molecule has 1 aromatic heterocycles. The predicted octanol–water partition coefficient (Wildman–Crippen LogP) is 1.82. The molecule has 124 valence electrons. The first kappa shape index (κ1) is 17.1. The van der Waals surface area contributed by atoms with E-state index in [2.05, 4.69) is 15.5 Å². The van der Waals surface area contributed by atoms with E-state index in [1.54, 1.807) is 0 Å². The van der Waals surface area contributed by atoms with Gasteiger partial charge >= 0.3 is 0 Å². The van der Waals surface area contributed by atoms with E-state index in [1.165, 1.54) is 0 Å². The minimum Gasteiger partial charge on any atom is -0.348 e. The van der Waals surface area contributed by atoms with Crippen LogP contribution in [0.4, 0.5) is 0 Å². The first-order valence-corrected chi connectivity index (χ1v) is 7.80. The van der Waals surface area contributed by atoms with Crippen LogP contribution < -0.4 is 5.32 Å². The molecule has 23 heavy (non-hydrogen) atoms. The van der Waals surface area contributed by atoms with Gasteiger partial charge in [0.25, 0.3) is 0 Å². The molecule has 2 atom stereocenters. The van der Waals surface area contributed by atoms with Gasteiger partial charge in [0, 0.05) is 7.05 Å². The second-order valence-corrected chi connectivity index (χ2v) is 5.95. The van der Waals surface area contributed by atoms with Crippen molar-refractivity contribution < 1.29 is 4.79 Å². The van der Waals surface area contributed by atoms with Gasteiger partial charge in [0.05, 0.1) is 18.6 Å². The number of carbonyl (C=O) groups is 1. The molecule has 6 nitrogen and oxygen atoms in total. The number of aryl methyl sites for hydroxylation is 1. The molecule has 2 aromatic rings. The van der Waals surface area contributed by atoms with Crippen molar-refractivity contribution in [3.05, 3.63) is 47.5 Å². The molecule has 1 aromatic carbocycles. The van der Waals surface area contributed by atoms with Gasteiger partial charge in [-0.15, -0.1) is 10.2 Å². The van der Waals surface area contributed by atoms with E-state index in [4.69, 9.17) is 0 Å². The third kappa shape index (κ3) is 4.16. The van der Waals surface area contributed by atoms with E-state index in [0.29, 0.717) is 6.54 Å². The van der Waals surface area contributed by atoms with Crippen LogP contribution in [0.2, 0.25) is 0 Å². The van der Waals surface area contributed by atoms with Gasteiger partial charge in [-0.25, -0.2) is 0 Å². The van der Waals surface area contributed by atoms with Crippen LogP contribution in [-0.4, -0.2) is 38.7 Å². The second-order valence-electron chi connectivity index (χ2n) is 5.95. The number of hydrogen-bond acceptors (Lipinski definition) is 4. The van der Waals surface area contributed by atoms with Gasteiger partial charge in [-0.05, 0) is 33.4 Å². The van der Waals surface area contributed by atoms with Crippen LogP contribution in [0.15, 0.2) is 30.3 Å². The Labute approximate surface area is 137 Å². The van der Waals surface area contributed by atoms with E-state index in [9.17, 15) is 4.79 Å². The van der Waals surface area contributed by atoms with E-state index in [0.717, 1.165) is 17.2 Å². The molecule has 1 heterocycles. The Bertz CT molecular complexity index is 652. The molecule has 0 bridgehead atoms. The lowest BCUT2D eigenvalue weighted by Gasteiger charge is -2.25. The quantitative estimate of drug-likeness (QED) is 0.883. The summed E-state index contributed by atoms with van der Waals surface area (Å²) in [4.78, 5) is 14.4. The summed E-state index contributed by atoms with van der Waals surface area (Å²) in [5.74, 6) is 1.71. The van der Waals surface area contributed by atoms with Crippen molar-refractivity contribution in [2.45, 2.75) is 39.4 Å². The summed E-state index contributed by atoms with van der Waals surface area (Å²) in [5, 5.41) is 11.3. The molecule has 0 aliphatic heterocycles. The summed E-state index contributed by atoms with van der Waals surface area (Å²) in [5.41, 5.74) is 1.10. The zero-order valence-electron chi connectivity index (χ0n) is 14.4. The van der Waals surface area contributed by atoms with Crippen molar-refractivity contribution in [2.75, 3.05) is 7.05 Å². The number of carbonyl (C=O) groups excluding carboxylic acids is 1. The highest BCUT2D eigenvalue weighted by molar-refractivity contribution is 5.81. The van der Waals surface area contributed by atoms with Crippen LogP contribution in [-0.2, 0) is 18.4 Å². The van der Waals surface area contributed by atoms with Gasteiger partial charge in [0.1, 0.15) is 11.6 Å². The normalized spacial score (nSPS) is 13.8. The van der Waals surface area contributed by atoms with Crippen LogP contribution in [0.25, 0.3) is 0 Å². The van der Waals surface area contributed by atoms with Gasteiger partial charge in [-0.3, -0.25) is 9.69 Å². The van der Waals surface area contributed by atoms with Crippen LogP contribution in [0.3, 0.4) is 0 Å². The van der Waals surface area contributed by atoms with Gasteiger partial charge < -0.3 is 9.88 Å². The summed E-state index contributed by atoms with van der Waals surface area (Å²) >= 11 is 0. The zero-order valence-corrected chi connectivity index (χ0v) is 14.4. The maximum absolute atomic E-state index is 12.5. The average molecular weight is 315 g/mol. The van der Waals surface area contributed by atoms with E-state index in [1.807, 2.05) is 74.7 Å². The molecule has 1 N–H and O–H groups in total. The topological polar surface area (TPSA) is 63.1 Å². The summed E-state index contributed by atoms with van der Waals surface area (Å²) < 4.78 is 1.94. The number of nitrogens with one attached hydrogen (secondary N) is 1. The van der Waals surface area contributed by atoms with Gasteiger partial charge in [0.15, 0.2) is 0 Å². The van der Waals surface area contributed by atoms with Gasteiger partial charge in [0.2, 0.25) is 5.91 Å². The third-order valence-corrected chi connectivity index (χ3v) is 4.27. The summed E-state index contributed by atoms with van der Waals surface area (Å²) in [6, 6.07) is 9.68. The SMILES string of the molecule is Cc1nnc(CN(C)[C@@H](C)C(=O)N[C@@H](C)c2ccccc2)n1C.